The molecule has 4 heteroatoms. The van der Waals surface area contributed by atoms with E-state index in [1.165, 1.54) is 6.92 Å². The Balaban J connectivity index is 2.12. The molecule has 0 aliphatic heterocycles. The molecule has 0 fully saturated rings. The van der Waals surface area contributed by atoms with Crippen molar-refractivity contribution < 1.29 is 18.9 Å². The molecule has 2 rings (SSSR count). The van der Waals surface area contributed by atoms with E-state index in [-0.39, 0.29) is 18.1 Å². The van der Waals surface area contributed by atoms with Gasteiger partial charge in [0.05, 0.1) is 7.11 Å². The van der Waals surface area contributed by atoms with Crippen molar-refractivity contribution in [3.63, 3.8) is 0 Å². The number of hydrogen-bond donors (Lipinski definition) is 0. The molecule has 0 aliphatic rings. The number of rotatable bonds is 5. The van der Waals surface area contributed by atoms with E-state index >= 15 is 0 Å². The van der Waals surface area contributed by atoms with Crippen LogP contribution in [0.25, 0.3) is 0 Å². The molecular weight excluding hydrogens is 254 g/mol. The number of benzene rings is 1. The molecule has 0 saturated heterocycles. The van der Waals surface area contributed by atoms with Crippen molar-refractivity contribution >= 4 is 11.6 Å². The van der Waals surface area contributed by atoms with Gasteiger partial charge in [0, 0.05) is 23.3 Å². The smallest absolute Gasteiger partial charge is 0.227 e. The first-order chi connectivity index (χ1) is 9.60. The molecule has 0 spiro atoms. The first-order valence-electron chi connectivity index (χ1n) is 6.27. The third-order valence-electron chi connectivity index (χ3n) is 3.02. The third-order valence-corrected chi connectivity index (χ3v) is 3.02. The van der Waals surface area contributed by atoms with Crippen molar-refractivity contribution in [1.29, 1.82) is 0 Å². The van der Waals surface area contributed by atoms with E-state index in [1.807, 2.05) is 0 Å². The molecule has 0 radical (unpaired) electrons. The zero-order valence-corrected chi connectivity index (χ0v) is 11.5. The van der Waals surface area contributed by atoms with E-state index in [0.717, 1.165) is 0 Å². The second kappa shape index (κ2) is 6.10. The normalized spacial score (nSPS) is 10.1. The minimum absolute atomic E-state index is 0.00975. The fourth-order valence-electron chi connectivity index (χ4n) is 1.85. The molecule has 0 saturated carbocycles. The third kappa shape index (κ3) is 3.29. The van der Waals surface area contributed by atoms with Crippen LogP contribution in [0, 0.1) is 0 Å². The lowest BCUT2D eigenvalue weighted by atomic mass is 10.1. The van der Waals surface area contributed by atoms with Crippen LogP contribution in [0.4, 0.5) is 0 Å². The molecule has 1 aromatic heterocycles. The van der Waals surface area contributed by atoms with Crippen LogP contribution in [-0.4, -0.2) is 18.7 Å². The number of carbonyl (C=O) groups excluding carboxylic acids is 2. The lowest BCUT2D eigenvalue weighted by Gasteiger charge is -2.02. The minimum atomic E-state index is -0.00975. The molecule has 2 aromatic rings. The van der Waals surface area contributed by atoms with Crippen molar-refractivity contribution in [3.8, 4) is 5.75 Å². The Bertz CT molecular complexity index is 632. The highest BCUT2D eigenvalue weighted by molar-refractivity contribution is 5.95. The van der Waals surface area contributed by atoms with Gasteiger partial charge in [-0.15, -0.1) is 0 Å². The van der Waals surface area contributed by atoms with Crippen LogP contribution in [-0.2, 0) is 6.54 Å². The fourth-order valence-corrected chi connectivity index (χ4v) is 1.85. The first-order valence-corrected chi connectivity index (χ1v) is 6.27. The number of methoxy groups -OCH3 is 1. The average Bonchev–Trinajstić information content (AvgIpc) is 2.47. The van der Waals surface area contributed by atoms with Crippen LogP contribution in [0.3, 0.4) is 0 Å². The van der Waals surface area contributed by atoms with Gasteiger partial charge in [-0.2, -0.15) is 4.57 Å². The molecule has 0 N–H and O–H groups in total. The second-order valence-electron chi connectivity index (χ2n) is 4.47. The molecule has 102 valence electrons. The van der Waals surface area contributed by atoms with Crippen LogP contribution in [0.2, 0.25) is 0 Å². The van der Waals surface area contributed by atoms with Crippen molar-refractivity contribution in [1.82, 2.24) is 0 Å². The molecular formula is C16H16NO3+. The van der Waals surface area contributed by atoms with Gasteiger partial charge >= 0.3 is 0 Å². The summed E-state index contributed by atoms with van der Waals surface area (Å²) in [5.41, 5.74) is 1.24. The zero-order chi connectivity index (χ0) is 14.5. The Hall–Kier alpha value is -2.49. The number of carbonyl (C=O) groups is 2. The van der Waals surface area contributed by atoms with Gasteiger partial charge in [-0.1, -0.05) is 12.1 Å². The van der Waals surface area contributed by atoms with E-state index < -0.39 is 0 Å². The number of ether oxygens (including phenoxy) is 1. The minimum Gasteiger partial charge on any atom is -0.497 e. The van der Waals surface area contributed by atoms with E-state index in [1.54, 1.807) is 60.5 Å². The van der Waals surface area contributed by atoms with Crippen LogP contribution in [0.15, 0.2) is 48.8 Å². The second-order valence-corrected chi connectivity index (χ2v) is 4.47. The summed E-state index contributed by atoms with van der Waals surface area (Å²) >= 11 is 0. The lowest BCUT2D eigenvalue weighted by Crippen LogP contribution is -2.37. The molecule has 1 heterocycles. The van der Waals surface area contributed by atoms with E-state index in [0.29, 0.717) is 16.9 Å². The fraction of sp³-hybridized carbons (Fsp3) is 0.188. The standard InChI is InChI=1S/C16H16NO3/c1-12(18)13-6-8-17(9-7-13)11-16(19)14-4-3-5-15(10-14)20-2/h3-10H,11H2,1-2H3/q+1. The monoisotopic (exact) mass is 270 g/mol. The van der Waals surface area contributed by atoms with E-state index in [4.69, 9.17) is 4.74 Å². The predicted molar refractivity (Wildman–Crippen MR) is 74.0 cm³/mol. The van der Waals surface area contributed by atoms with Gasteiger partial charge in [0.2, 0.25) is 12.3 Å². The molecule has 0 atom stereocenters. The molecule has 0 bridgehead atoms. The molecule has 20 heavy (non-hydrogen) atoms. The van der Waals surface area contributed by atoms with Gasteiger partial charge in [-0.3, -0.25) is 9.59 Å². The number of ketones is 2. The Morgan fingerprint density at radius 1 is 1.10 bits per heavy atom. The molecule has 0 aliphatic carbocycles. The van der Waals surface area contributed by atoms with Crippen LogP contribution < -0.4 is 9.30 Å². The quantitative estimate of drug-likeness (QED) is 0.617. The highest BCUT2D eigenvalue weighted by Crippen LogP contribution is 2.12. The summed E-state index contributed by atoms with van der Waals surface area (Å²) in [7, 11) is 1.57. The van der Waals surface area contributed by atoms with Gasteiger partial charge < -0.3 is 4.74 Å². The summed E-state index contributed by atoms with van der Waals surface area (Å²) in [6.07, 6.45) is 3.46. The largest absolute Gasteiger partial charge is 0.497 e. The topological polar surface area (TPSA) is 47.2 Å². The van der Waals surface area contributed by atoms with Crippen molar-refractivity contribution in [2.24, 2.45) is 0 Å². The molecule has 0 amide bonds. The van der Waals surface area contributed by atoms with Crippen molar-refractivity contribution in [2.75, 3.05) is 7.11 Å². The zero-order valence-electron chi connectivity index (χ0n) is 11.5. The summed E-state index contributed by atoms with van der Waals surface area (Å²) in [5.74, 6) is 0.661. The van der Waals surface area contributed by atoms with Crippen molar-refractivity contribution in [2.45, 2.75) is 13.5 Å². The highest BCUT2D eigenvalue weighted by atomic mass is 16.5. The Kier molecular flexibility index (Phi) is 4.25. The van der Waals surface area contributed by atoms with Gasteiger partial charge in [0.15, 0.2) is 18.2 Å². The maximum atomic E-state index is 12.2. The number of Topliss-reactive ketones (excluding diaryl/α,β-unsaturated/α-hetero) is 2. The Morgan fingerprint density at radius 3 is 2.40 bits per heavy atom. The first kappa shape index (κ1) is 13.9. The van der Waals surface area contributed by atoms with Crippen LogP contribution >= 0.6 is 0 Å². The maximum absolute atomic E-state index is 12.2. The lowest BCUT2D eigenvalue weighted by molar-refractivity contribution is -0.683. The van der Waals surface area contributed by atoms with Gasteiger partial charge in [0.1, 0.15) is 5.75 Å². The highest BCUT2D eigenvalue weighted by Gasteiger charge is 2.13. The Morgan fingerprint density at radius 2 is 1.80 bits per heavy atom. The van der Waals surface area contributed by atoms with Crippen molar-refractivity contribution in [3.05, 3.63) is 59.9 Å². The summed E-state index contributed by atoms with van der Waals surface area (Å²) in [5, 5.41) is 0. The SMILES string of the molecule is COc1cccc(C(=O)C[n+]2ccc(C(C)=O)cc2)c1. The summed E-state index contributed by atoms with van der Waals surface area (Å²) in [6.45, 7) is 1.74. The number of hydrogen-bond acceptors (Lipinski definition) is 3. The predicted octanol–water partition coefficient (Wildman–Crippen LogP) is 2.07. The van der Waals surface area contributed by atoms with E-state index in [2.05, 4.69) is 0 Å². The molecule has 4 nitrogen and oxygen atoms in total. The molecule has 0 unspecified atom stereocenters. The van der Waals surface area contributed by atoms with Crippen LogP contribution in [0.5, 0.6) is 5.75 Å². The average molecular weight is 270 g/mol. The van der Waals surface area contributed by atoms with Gasteiger partial charge in [-0.05, 0) is 19.1 Å². The number of aromatic nitrogens is 1. The maximum Gasteiger partial charge on any atom is 0.227 e. The number of nitrogens with zero attached hydrogens (tertiary/aromatic N) is 1. The summed E-state index contributed by atoms with van der Waals surface area (Å²) in [4.78, 5) is 23.3. The molecule has 1 aromatic carbocycles. The Labute approximate surface area is 117 Å². The van der Waals surface area contributed by atoms with E-state index in [9.17, 15) is 9.59 Å². The summed E-state index contributed by atoms with van der Waals surface area (Å²) < 4.78 is 6.85. The van der Waals surface area contributed by atoms with Gasteiger partial charge in [-0.25, -0.2) is 0 Å². The van der Waals surface area contributed by atoms with Gasteiger partial charge in [0.25, 0.3) is 0 Å². The summed E-state index contributed by atoms with van der Waals surface area (Å²) in [6, 6.07) is 10.5. The number of pyridine rings is 1. The van der Waals surface area contributed by atoms with Crippen LogP contribution in [0.1, 0.15) is 27.6 Å².